The third-order valence-electron chi connectivity index (χ3n) is 5.88. The molecular weight excluding hydrogens is 344 g/mol. The van der Waals surface area contributed by atoms with Gasteiger partial charge >= 0.3 is 0 Å². The van der Waals surface area contributed by atoms with E-state index in [4.69, 9.17) is 0 Å². The van der Waals surface area contributed by atoms with Crippen LogP contribution in [-0.4, -0.2) is 21.4 Å². The van der Waals surface area contributed by atoms with Crippen LogP contribution in [0.15, 0.2) is 85.0 Å². The molecule has 0 aromatic heterocycles. The van der Waals surface area contributed by atoms with Gasteiger partial charge in [-0.1, -0.05) is 73.8 Å². The van der Waals surface area contributed by atoms with Crippen molar-refractivity contribution in [2.45, 2.75) is 63.6 Å². The van der Waals surface area contributed by atoms with Crippen molar-refractivity contribution in [3.05, 3.63) is 96.1 Å². The molecule has 0 heterocycles. The van der Waals surface area contributed by atoms with Crippen LogP contribution in [0.5, 0.6) is 0 Å². The first kappa shape index (κ1) is 22.1. The van der Waals surface area contributed by atoms with E-state index in [9.17, 15) is 10.2 Å². The van der Waals surface area contributed by atoms with Gasteiger partial charge in [-0.05, 0) is 74.6 Å². The predicted octanol–water partition coefficient (Wildman–Crippen LogP) is 5.65. The summed E-state index contributed by atoms with van der Waals surface area (Å²) in [5.41, 5.74) is 1.90. The SMILES string of the molecule is C=C(C)C(O)(CCc1ccccc1)CCC(O)(CCc1ccccc1)C(=C)C. The largest absolute Gasteiger partial charge is 0.386 e. The molecule has 28 heavy (non-hydrogen) atoms. The summed E-state index contributed by atoms with van der Waals surface area (Å²) in [5.74, 6) is 0. The van der Waals surface area contributed by atoms with Crippen molar-refractivity contribution in [3.8, 4) is 0 Å². The van der Waals surface area contributed by atoms with Gasteiger partial charge in [-0.2, -0.15) is 0 Å². The molecule has 0 aliphatic rings. The van der Waals surface area contributed by atoms with Crippen LogP contribution in [0.1, 0.15) is 50.7 Å². The molecule has 0 aliphatic carbocycles. The van der Waals surface area contributed by atoms with E-state index < -0.39 is 11.2 Å². The van der Waals surface area contributed by atoms with Crippen molar-refractivity contribution in [2.24, 2.45) is 0 Å². The maximum absolute atomic E-state index is 11.2. The van der Waals surface area contributed by atoms with E-state index in [1.807, 2.05) is 50.2 Å². The summed E-state index contributed by atoms with van der Waals surface area (Å²) in [6, 6.07) is 20.3. The van der Waals surface area contributed by atoms with E-state index in [1.54, 1.807) is 0 Å². The fourth-order valence-corrected chi connectivity index (χ4v) is 3.51. The van der Waals surface area contributed by atoms with Gasteiger partial charge in [-0.15, -0.1) is 0 Å². The fourth-order valence-electron chi connectivity index (χ4n) is 3.51. The molecule has 0 radical (unpaired) electrons. The molecule has 0 amide bonds. The number of aliphatic hydroxyl groups is 2. The fraction of sp³-hybridized carbons (Fsp3) is 0.385. The molecule has 2 N–H and O–H groups in total. The van der Waals surface area contributed by atoms with Crippen molar-refractivity contribution in [2.75, 3.05) is 0 Å². The third-order valence-corrected chi connectivity index (χ3v) is 5.88. The second-order valence-corrected chi connectivity index (χ2v) is 8.10. The highest BCUT2D eigenvalue weighted by atomic mass is 16.3. The number of hydrogen-bond donors (Lipinski definition) is 2. The van der Waals surface area contributed by atoms with Crippen LogP contribution in [0.3, 0.4) is 0 Å². The highest BCUT2D eigenvalue weighted by Crippen LogP contribution is 2.34. The molecule has 2 nitrogen and oxygen atoms in total. The first-order chi connectivity index (χ1) is 13.3. The zero-order valence-electron chi connectivity index (χ0n) is 17.3. The molecule has 0 fully saturated rings. The van der Waals surface area contributed by atoms with Gasteiger partial charge in [0.05, 0.1) is 11.2 Å². The van der Waals surface area contributed by atoms with Gasteiger partial charge in [0.2, 0.25) is 0 Å². The van der Waals surface area contributed by atoms with Crippen molar-refractivity contribution in [1.29, 1.82) is 0 Å². The molecule has 2 rings (SSSR count). The van der Waals surface area contributed by atoms with E-state index in [2.05, 4.69) is 37.4 Å². The molecule has 2 aromatic carbocycles. The highest BCUT2D eigenvalue weighted by Gasteiger charge is 2.34. The molecule has 2 aromatic rings. The van der Waals surface area contributed by atoms with Gasteiger partial charge < -0.3 is 10.2 Å². The Kier molecular flexibility index (Phi) is 7.79. The van der Waals surface area contributed by atoms with Crippen molar-refractivity contribution in [3.63, 3.8) is 0 Å². The first-order valence-corrected chi connectivity index (χ1v) is 10.1. The third kappa shape index (κ3) is 6.19. The molecule has 0 spiro atoms. The molecule has 150 valence electrons. The van der Waals surface area contributed by atoms with Gasteiger partial charge in [-0.25, -0.2) is 0 Å². The second kappa shape index (κ2) is 9.86. The Bertz CT molecular complexity index is 698. The van der Waals surface area contributed by atoms with E-state index in [0.29, 0.717) is 25.7 Å². The minimum absolute atomic E-state index is 0.466. The number of rotatable bonds is 11. The maximum Gasteiger partial charge on any atom is 0.0855 e. The number of aryl methyl sites for hydroxylation is 2. The van der Waals surface area contributed by atoms with Crippen LogP contribution in [-0.2, 0) is 12.8 Å². The van der Waals surface area contributed by atoms with E-state index in [-0.39, 0.29) is 0 Å². The van der Waals surface area contributed by atoms with E-state index in [0.717, 1.165) is 24.0 Å². The van der Waals surface area contributed by atoms with E-state index in [1.165, 1.54) is 11.1 Å². The Labute approximate surface area is 170 Å². The smallest absolute Gasteiger partial charge is 0.0855 e. The minimum Gasteiger partial charge on any atom is -0.386 e. The van der Waals surface area contributed by atoms with Gasteiger partial charge in [0.1, 0.15) is 0 Å². The topological polar surface area (TPSA) is 40.5 Å². The normalized spacial score (nSPS) is 15.4. The quantitative estimate of drug-likeness (QED) is 0.496. The molecular formula is C26H34O2. The maximum atomic E-state index is 11.2. The molecule has 0 bridgehead atoms. The van der Waals surface area contributed by atoms with Crippen LogP contribution in [0.4, 0.5) is 0 Å². The Morgan fingerprint density at radius 2 is 0.964 bits per heavy atom. The summed E-state index contributed by atoms with van der Waals surface area (Å²) in [7, 11) is 0. The zero-order chi connectivity index (χ0) is 20.6. The number of hydrogen-bond acceptors (Lipinski definition) is 2. The summed E-state index contributed by atoms with van der Waals surface area (Å²) >= 11 is 0. The van der Waals surface area contributed by atoms with Crippen molar-refractivity contribution >= 4 is 0 Å². The minimum atomic E-state index is -0.994. The molecule has 0 aliphatic heterocycles. The van der Waals surface area contributed by atoms with Gasteiger partial charge in [0.25, 0.3) is 0 Å². The lowest BCUT2D eigenvalue weighted by atomic mass is 9.78. The van der Waals surface area contributed by atoms with Crippen LogP contribution in [0.2, 0.25) is 0 Å². The van der Waals surface area contributed by atoms with Gasteiger partial charge in [0.15, 0.2) is 0 Å². The monoisotopic (exact) mass is 378 g/mol. The predicted molar refractivity (Wildman–Crippen MR) is 118 cm³/mol. The zero-order valence-corrected chi connectivity index (χ0v) is 17.3. The molecule has 0 saturated carbocycles. The molecule has 2 atom stereocenters. The average molecular weight is 379 g/mol. The van der Waals surface area contributed by atoms with Gasteiger partial charge in [-0.3, -0.25) is 0 Å². The molecule has 2 heteroatoms. The summed E-state index contributed by atoms with van der Waals surface area (Å²) in [6.07, 6.45) is 3.68. The summed E-state index contributed by atoms with van der Waals surface area (Å²) in [5, 5.41) is 22.5. The summed E-state index contributed by atoms with van der Waals surface area (Å²) in [6.45, 7) is 11.8. The Hall–Kier alpha value is -2.16. The highest BCUT2D eigenvalue weighted by molar-refractivity contribution is 5.20. The van der Waals surface area contributed by atoms with Gasteiger partial charge in [0, 0.05) is 0 Å². The van der Waals surface area contributed by atoms with Crippen LogP contribution >= 0.6 is 0 Å². The average Bonchev–Trinajstić information content (AvgIpc) is 2.70. The van der Waals surface area contributed by atoms with Crippen LogP contribution in [0, 0.1) is 0 Å². The standard InChI is InChI=1S/C26H34O2/c1-21(2)25(27,17-15-23-11-7-5-8-12-23)19-20-26(28,22(3)4)18-16-24-13-9-6-10-14-24/h5-14,27-28H,1,3,15-20H2,2,4H3. The summed E-state index contributed by atoms with van der Waals surface area (Å²) < 4.78 is 0. The molecule has 0 saturated heterocycles. The lowest BCUT2D eigenvalue weighted by Crippen LogP contribution is -2.37. The Balaban J connectivity index is 2.03. The second-order valence-electron chi connectivity index (χ2n) is 8.10. The van der Waals surface area contributed by atoms with E-state index >= 15 is 0 Å². The first-order valence-electron chi connectivity index (χ1n) is 10.1. The lowest BCUT2D eigenvalue weighted by Gasteiger charge is -2.35. The lowest BCUT2D eigenvalue weighted by molar-refractivity contribution is 0.00834. The number of benzene rings is 2. The molecule has 2 unspecified atom stereocenters. The van der Waals surface area contributed by atoms with Crippen LogP contribution < -0.4 is 0 Å². The Morgan fingerprint density at radius 1 is 0.643 bits per heavy atom. The van der Waals surface area contributed by atoms with Crippen molar-refractivity contribution < 1.29 is 10.2 Å². The summed E-state index contributed by atoms with van der Waals surface area (Å²) in [4.78, 5) is 0. The van der Waals surface area contributed by atoms with Crippen molar-refractivity contribution in [1.82, 2.24) is 0 Å². The Morgan fingerprint density at radius 3 is 1.25 bits per heavy atom. The van der Waals surface area contributed by atoms with Crippen LogP contribution in [0.25, 0.3) is 0 Å².